The summed E-state index contributed by atoms with van der Waals surface area (Å²) in [5.41, 5.74) is 1.14. The molecular formula is C20H28F3NO3. The summed E-state index contributed by atoms with van der Waals surface area (Å²) in [6.07, 6.45) is 1.64. The van der Waals surface area contributed by atoms with Gasteiger partial charge in [-0.2, -0.15) is 0 Å². The van der Waals surface area contributed by atoms with Crippen molar-refractivity contribution in [3.8, 4) is 5.75 Å². The first-order valence-corrected chi connectivity index (χ1v) is 9.44. The first-order valence-electron chi connectivity index (χ1n) is 9.44. The van der Waals surface area contributed by atoms with Gasteiger partial charge in [0.25, 0.3) is 0 Å². The van der Waals surface area contributed by atoms with E-state index in [4.69, 9.17) is 9.47 Å². The molecule has 1 aliphatic carbocycles. The van der Waals surface area contributed by atoms with Crippen LogP contribution in [0, 0.1) is 5.41 Å². The predicted molar refractivity (Wildman–Crippen MR) is 97.1 cm³/mol. The van der Waals surface area contributed by atoms with Crippen molar-refractivity contribution in [2.45, 2.75) is 50.5 Å². The van der Waals surface area contributed by atoms with Crippen molar-refractivity contribution in [2.75, 3.05) is 38.8 Å². The third-order valence-corrected chi connectivity index (χ3v) is 6.29. The second-order valence-corrected chi connectivity index (χ2v) is 7.84. The molecule has 2 fully saturated rings. The molecule has 0 aromatic heterocycles. The maximum absolute atomic E-state index is 12.3. The lowest BCUT2D eigenvalue weighted by molar-refractivity contribution is -0.274. The van der Waals surface area contributed by atoms with Crippen LogP contribution in [0.15, 0.2) is 24.3 Å². The highest BCUT2D eigenvalue weighted by Crippen LogP contribution is 2.49. The van der Waals surface area contributed by atoms with Crippen LogP contribution in [0.2, 0.25) is 0 Å². The number of hydrogen-bond donors (Lipinski definition) is 0. The third-order valence-electron chi connectivity index (χ3n) is 6.29. The molecule has 1 saturated heterocycles. The van der Waals surface area contributed by atoms with Crippen LogP contribution in [0.3, 0.4) is 0 Å². The number of hydrogen-bond acceptors (Lipinski definition) is 4. The third kappa shape index (κ3) is 4.88. The highest BCUT2D eigenvalue weighted by molar-refractivity contribution is 5.50. The minimum Gasteiger partial charge on any atom is -0.406 e. The fourth-order valence-electron chi connectivity index (χ4n) is 4.50. The fourth-order valence-corrected chi connectivity index (χ4v) is 4.50. The predicted octanol–water partition coefficient (Wildman–Crippen LogP) is 4.78. The topological polar surface area (TPSA) is 30.9 Å². The van der Waals surface area contributed by atoms with Gasteiger partial charge in [-0.1, -0.05) is 0 Å². The molecule has 1 heterocycles. The molecular weight excluding hydrogens is 359 g/mol. The van der Waals surface area contributed by atoms with E-state index in [0.717, 1.165) is 57.3 Å². The van der Waals surface area contributed by atoms with Gasteiger partial charge in [0.15, 0.2) is 0 Å². The second kappa shape index (κ2) is 7.87. The molecule has 0 radical (unpaired) electrons. The van der Waals surface area contributed by atoms with Crippen molar-refractivity contribution in [2.24, 2.45) is 5.41 Å². The molecule has 1 aromatic rings. The minimum absolute atomic E-state index is 0.0781. The maximum Gasteiger partial charge on any atom is 0.573 e. The molecule has 152 valence electrons. The maximum atomic E-state index is 12.3. The van der Waals surface area contributed by atoms with E-state index in [1.54, 1.807) is 26.4 Å². The zero-order valence-electron chi connectivity index (χ0n) is 16.0. The van der Waals surface area contributed by atoms with Gasteiger partial charge in [0.05, 0.1) is 5.60 Å². The Labute approximate surface area is 158 Å². The molecule has 3 rings (SSSR count). The van der Waals surface area contributed by atoms with E-state index >= 15 is 0 Å². The van der Waals surface area contributed by atoms with Crippen LogP contribution in [0.1, 0.15) is 38.5 Å². The highest BCUT2D eigenvalue weighted by atomic mass is 19.4. The Morgan fingerprint density at radius 1 is 1.00 bits per heavy atom. The lowest BCUT2D eigenvalue weighted by atomic mass is 9.67. The van der Waals surface area contributed by atoms with E-state index in [2.05, 4.69) is 9.64 Å². The zero-order valence-corrected chi connectivity index (χ0v) is 16.0. The van der Waals surface area contributed by atoms with Crippen molar-refractivity contribution in [1.82, 2.24) is 0 Å². The van der Waals surface area contributed by atoms with E-state index in [1.807, 2.05) is 0 Å². The Hall–Kier alpha value is -1.47. The zero-order chi connectivity index (χ0) is 19.5. The molecule has 27 heavy (non-hydrogen) atoms. The normalized spacial score (nSPS) is 28.7. The average molecular weight is 387 g/mol. The van der Waals surface area contributed by atoms with Gasteiger partial charge in [-0.25, -0.2) is 0 Å². The van der Waals surface area contributed by atoms with Gasteiger partial charge < -0.3 is 19.1 Å². The van der Waals surface area contributed by atoms with Crippen molar-refractivity contribution >= 4 is 5.69 Å². The molecule has 0 amide bonds. The molecule has 2 aliphatic rings. The molecule has 4 nitrogen and oxygen atoms in total. The Kier molecular flexibility index (Phi) is 5.91. The number of alkyl halides is 3. The van der Waals surface area contributed by atoms with E-state index in [9.17, 15) is 13.2 Å². The van der Waals surface area contributed by atoms with Gasteiger partial charge in [-0.05, 0) is 68.2 Å². The lowest BCUT2D eigenvalue weighted by Gasteiger charge is -2.44. The molecule has 0 unspecified atom stereocenters. The number of nitrogens with zero attached hydrogens (tertiary/aromatic N) is 1. The summed E-state index contributed by atoms with van der Waals surface area (Å²) in [5.74, 6) is -0.180. The smallest absolute Gasteiger partial charge is 0.406 e. The van der Waals surface area contributed by atoms with Crippen LogP contribution < -0.4 is 9.64 Å². The van der Waals surface area contributed by atoms with E-state index in [0.29, 0.717) is 6.61 Å². The molecule has 1 spiro atoms. The summed E-state index contributed by atoms with van der Waals surface area (Å²) in [6.45, 7) is 2.58. The van der Waals surface area contributed by atoms with Crippen LogP contribution in [0.25, 0.3) is 0 Å². The summed E-state index contributed by atoms with van der Waals surface area (Å²) < 4.78 is 51.9. The van der Waals surface area contributed by atoms with Crippen LogP contribution in [-0.2, 0) is 9.47 Å². The van der Waals surface area contributed by atoms with Crippen LogP contribution >= 0.6 is 0 Å². The monoisotopic (exact) mass is 387 g/mol. The fraction of sp³-hybridized carbons (Fsp3) is 0.700. The number of benzene rings is 1. The van der Waals surface area contributed by atoms with E-state index in [-0.39, 0.29) is 16.8 Å². The summed E-state index contributed by atoms with van der Waals surface area (Å²) >= 11 is 0. The molecule has 0 bridgehead atoms. The Balaban J connectivity index is 1.59. The van der Waals surface area contributed by atoms with Gasteiger partial charge in [0, 0.05) is 39.6 Å². The molecule has 1 aliphatic heterocycles. The second-order valence-electron chi connectivity index (χ2n) is 7.84. The van der Waals surface area contributed by atoms with Gasteiger partial charge in [0.2, 0.25) is 0 Å². The van der Waals surface area contributed by atoms with Crippen molar-refractivity contribution in [3.05, 3.63) is 24.3 Å². The number of anilines is 1. The van der Waals surface area contributed by atoms with Crippen LogP contribution in [0.5, 0.6) is 5.75 Å². The summed E-state index contributed by atoms with van der Waals surface area (Å²) in [6, 6.07) is 6.19. The summed E-state index contributed by atoms with van der Waals surface area (Å²) in [4.78, 5) is 2.27. The minimum atomic E-state index is -4.65. The SMILES string of the molecule is COCC[C@]1(OC)CC[C@@]2(CCN(c3ccc(OC(F)(F)F)cc3)C2)CC1. The Morgan fingerprint density at radius 3 is 2.22 bits per heavy atom. The van der Waals surface area contributed by atoms with Gasteiger partial charge in [-0.3, -0.25) is 0 Å². The summed E-state index contributed by atoms with van der Waals surface area (Å²) in [5, 5.41) is 0. The van der Waals surface area contributed by atoms with Gasteiger partial charge >= 0.3 is 6.36 Å². The molecule has 1 saturated carbocycles. The van der Waals surface area contributed by atoms with E-state index < -0.39 is 6.36 Å². The molecule has 1 aromatic carbocycles. The molecule has 7 heteroatoms. The van der Waals surface area contributed by atoms with Gasteiger partial charge in [-0.15, -0.1) is 13.2 Å². The average Bonchev–Trinajstić information content (AvgIpc) is 3.05. The quantitative estimate of drug-likeness (QED) is 0.703. The first kappa shape index (κ1) is 20.3. The van der Waals surface area contributed by atoms with Crippen LogP contribution in [-0.4, -0.2) is 45.9 Å². The molecule has 0 N–H and O–H groups in total. The number of ether oxygens (including phenoxy) is 3. The Bertz CT molecular complexity index is 610. The summed E-state index contributed by atoms with van der Waals surface area (Å²) in [7, 11) is 3.51. The molecule has 0 atom stereocenters. The van der Waals surface area contributed by atoms with E-state index in [1.165, 1.54) is 12.1 Å². The van der Waals surface area contributed by atoms with Crippen molar-refractivity contribution < 1.29 is 27.4 Å². The first-order chi connectivity index (χ1) is 12.8. The van der Waals surface area contributed by atoms with Gasteiger partial charge in [0.1, 0.15) is 5.75 Å². The van der Waals surface area contributed by atoms with Crippen molar-refractivity contribution in [3.63, 3.8) is 0 Å². The highest BCUT2D eigenvalue weighted by Gasteiger charge is 2.46. The van der Waals surface area contributed by atoms with Crippen molar-refractivity contribution in [1.29, 1.82) is 0 Å². The van der Waals surface area contributed by atoms with Crippen LogP contribution in [0.4, 0.5) is 18.9 Å². The number of rotatable bonds is 6. The number of methoxy groups -OCH3 is 2. The lowest BCUT2D eigenvalue weighted by Crippen LogP contribution is -2.42. The Morgan fingerprint density at radius 2 is 1.67 bits per heavy atom. The number of halogens is 3. The largest absolute Gasteiger partial charge is 0.573 e. The standard InChI is InChI=1S/C20H28F3NO3/c1-25-14-12-19(26-2)9-7-18(8-10-19)11-13-24(15-18)16-3-5-17(6-4-16)27-20(21,22)23/h3-6H,7-15H2,1-2H3/t18-,19-.